The van der Waals surface area contributed by atoms with Gasteiger partial charge in [0.15, 0.2) is 0 Å². The zero-order valence-corrected chi connectivity index (χ0v) is 33.2. The molecule has 1 atom stereocenters. The van der Waals surface area contributed by atoms with E-state index in [0.717, 1.165) is 29.7 Å². The molecule has 0 saturated heterocycles. The predicted molar refractivity (Wildman–Crippen MR) is 211 cm³/mol. The van der Waals surface area contributed by atoms with E-state index in [0.29, 0.717) is 30.8 Å². The van der Waals surface area contributed by atoms with Crippen LogP contribution in [0.25, 0.3) is 0 Å². The number of nitrogens with two attached hydrogens (primary N) is 1. The van der Waals surface area contributed by atoms with Crippen LogP contribution in [0.3, 0.4) is 0 Å². The van der Waals surface area contributed by atoms with Crippen molar-refractivity contribution >= 4 is 35.2 Å². The number of carbonyl (C=O) groups excluding carboxylic acids is 5. The summed E-state index contributed by atoms with van der Waals surface area (Å²) in [6.07, 6.45) is 4.15. The molecule has 0 spiro atoms. The third kappa shape index (κ3) is 14.6. The molecule has 0 aliphatic rings. The van der Waals surface area contributed by atoms with Crippen LogP contribution in [0.1, 0.15) is 99.2 Å². The Labute approximate surface area is 320 Å². The van der Waals surface area contributed by atoms with Gasteiger partial charge in [0.05, 0.1) is 12.7 Å². The average Bonchev–Trinajstić information content (AvgIpc) is 3.11. The minimum absolute atomic E-state index is 0.0333. The third-order valence-corrected chi connectivity index (χ3v) is 9.12. The van der Waals surface area contributed by atoms with Crippen LogP contribution in [-0.2, 0) is 27.3 Å². The van der Waals surface area contributed by atoms with Crippen molar-refractivity contribution < 1.29 is 28.7 Å². The summed E-state index contributed by atoms with van der Waals surface area (Å²) in [6.45, 7) is 13.6. The molecule has 5 amide bonds. The molecule has 0 unspecified atom stereocenters. The number of pyridine rings is 1. The maximum atomic E-state index is 13.1. The number of anilines is 1. The van der Waals surface area contributed by atoms with Gasteiger partial charge in [-0.15, -0.1) is 0 Å². The van der Waals surface area contributed by atoms with Crippen molar-refractivity contribution in [1.82, 2.24) is 20.1 Å². The number of benzene rings is 2. The second-order valence-electron chi connectivity index (χ2n) is 15.9. The normalized spacial score (nSPS) is 12.0. The fourth-order valence-electron chi connectivity index (χ4n) is 5.87. The van der Waals surface area contributed by atoms with Gasteiger partial charge in [-0.3, -0.25) is 24.0 Å². The number of nitrogens with zero attached hydrogens (tertiary/aromatic N) is 3. The molecule has 0 aliphatic carbocycles. The first kappa shape index (κ1) is 43.1. The Kier molecular flexibility index (Phi) is 15.7. The Morgan fingerprint density at radius 2 is 1.50 bits per heavy atom. The number of carbonyl (C=O) groups is 5. The van der Waals surface area contributed by atoms with E-state index in [2.05, 4.69) is 36.4 Å². The molecule has 0 bridgehead atoms. The van der Waals surface area contributed by atoms with Crippen LogP contribution in [0, 0.1) is 16.7 Å². The average molecular weight is 743 g/mol. The number of aromatic nitrogens is 1. The largest absolute Gasteiger partial charge is 0.490 e. The fraction of sp³-hybridized carbons (Fsp3) is 0.476. The highest BCUT2D eigenvalue weighted by Gasteiger charge is 2.28. The van der Waals surface area contributed by atoms with Crippen molar-refractivity contribution in [2.45, 2.75) is 80.2 Å². The number of rotatable bonds is 19. The lowest BCUT2D eigenvalue weighted by molar-refractivity contribution is -0.135. The van der Waals surface area contributed by atoms with Gasteiger partial charge in [0.1, 0.15) is 18.1 Å². The summed E-state index contributed by atoms with van der Waals surface area (Å²) in [4.78, 5) is 70.3. The Bertz CT molecular complexity index is 1730. The summed E-state index contributed by atoms with van der Waals surface area (Å²) < 4.78 is 5.76. The lowest BCUT2D eigenvalue weighted by Gasteiger charge is -2.28. The van der Waals surface area contributed by atoms with Crippen LogP contribution in [0.2, 0.25) is 0 Å². The third-order valence-electron chi connectivity index (χ3n) is 9.12. The molecule has 292 valence electrons. The molecule has 54 heavy (non-hydrogen) atoms. The first-order chi connectivity index (χ1) is 25.4. The molecule has 0 saturated carbocycles. The molecule has 0 radical (unpaired) electrons. The molecular formula is C42H58N6O6. The monoisotopic (exact) mass is 742 g/mol. The highest BCUT2D eigenvalue weighted by Crippen LogP contribution is 2.28. The van der Waals surface area contributed by atoms with E-state index in [9.17, 15) is 24.0 Å². The zero-order valence-electron chi connectivity index (χ0n) is 33.2. The van der Waals surface area contributed by atoms with Crippen LogP contribution in [0.5, 0.6) is 5.75 Å². The van der Waals surface area contributed by atoms with E-state index in [1.54, 1.807) is 60.3 Å². The van der Waals surface area contributed by atoms with Crippen molar-refractivity contribution in [3.63, 3.8) is 0 Å². The van der Waals surface area contributed by atoms with Crippen LogP contribution < -0.4 is 21.1 Å². The lowest BCUT2D eigenvalue weighted by atomic mass is 9.83. The van der Waals surface area contributed by atoms with Crippen molar-refractivity contribution in [2.75, 3.05) is 39.1 Å². The van der Waals surface area contributed by atoms with Gasteiger partial charge in [-0.1, -0.05) is 65.8 Å². The van der Waals surface area contributed by atoms with Gasteiger partial charge in [-0.05, 0) is 77.6 Å². The predicted octanol–water partition coefficient (Wildman–Crippen LogP) is 5.86. The number of amides is 5. The van der Waals surface area contributed by atoms with Crippen LogP contribution in [0.4, 0.5) is 5.69 Å². The zero-order chi connectivity index (χ0) is 40.1. The molecule has 0 aliphatic heterocycles. The van der Waals surface area contributed by atoms with E-state index in [1.165, 1.54) is 6.20 Å². The Morgan fingerprint density at radius 3 is 2.07 bits per heavy atom. The first-order valence-corrected chi connectivity index (χ1v) is 18.5. The van der Waals surface area contributed by atoms with Gasteiger partial charge >= 0.3 is 0 Å². The molecule has 12 heteroatoms. The minimum atomic E-state index is -0.550. The Balaban J connectivity index is 1.37. The topological polar surface area (TPSA) is 164 Å². The van der Waals surface area contributed by atoms with E-state index in [4.69, 9.17) is 10.5 Å². The first-order valence-electron chi connectivity index (χ1n) is 18.5. The smallest absolute Gasteiger partial charge is 0.270 e. The van der Waals surface area contributed by atoms with Crippen LogP contribution in [-0.4, -0.2) is 78.1 Å². The lowest BCUT2D eigenvalue weighted by Crippen LogP contribution is -2.37. The Morgan fingerprint density at radius 1 is 0.852 bits per heavy atom. The number of hydrogen-bond acceptors (Lipinski definition) is 7. The molecule has 2 aromatic carbocycles. The number of nitrogens with one attached hydrogen (secondary N) is 2. The number of hydrogen-bond donors (Lipinski definition) is 3. The number of ether oxygens (including phenoxy) is 1. The molecule has 4 N–H and O–H groups in total. The van der Waals surface area contributed by atoms with E-state index in [1.807, 2.05) is 45.0 Å². The molecule has 0 fully saturated rings. The van der Waals surface area contributed by atoms with Crippen LogP contribution in [0.15, 0.2) is 66.9 Å². The van der Waals surface area contributed by atoms with Crippen LogP contribution >= 0.6 is 0 Å². The maximum Gasteiger partial charge on any atom is 0.270 e. The molecular weight excluding hydrogens is 684 g/mol. The summed E-state index contributed by atoms with van der Waals surface area (Å²) >= 11 is 0. The van der Waals surface area contributed by atoms with Crippen molar-refractivity contribution in [3.8, 4) is 5.75 Å². The molecule has 12 nitrogen and oxygen atoms in total. The second kappa shape index (κ2) is 19.7. The van der Waals surface area contributed by atoms with Gasteiger partial charge in [0, 0.05) is 57.2 Å². The molecule has 3 aromatic rings. The van der Waals surface area contributed by atoms with Gasteiger partial charge in [0.2, 0.25) is 23.6 Å². The SMILES string of the molecule is CC[C@@H](CC(C)(C)C)C(=O)Nc1ccc(CCN(C)C(=O)CC(C)(C)CC(=O)N(C)CCOc2ccc(C(=O)NCc3cccc(C(N)=O)c3)nc2)cc1. The van der Waals surface area contributed by atoms with E-state index in [-0.39, 0.29) is 66.6 Å². The number of likely N-dealkylation sites (N-methyl/N-ethyl adjacent to an activating group) is 2. The highest BCUT2D eigenvalue weighted by atomic mass is 16.5. The summed E-state index contributed by atoms with van der Waals surface area (Å²) in [5.74, 6) is -0.592. The quantitative estimate of drug-likeness (QED) is 0.139. The van der Waals surface area contributed by atoms with Crippen molar-refractivity contribution in [3.05, 3.63) is 89.2 Å². The van der Waals surface area contributed by atoms with Crippen molar-refractivity contribution in [1.29, 1.82) is 0 Å². The number of primary amides is 1. The maximum absolute atomic E-state index is 13.1. The fourth-order valence-corrected chi connectivity index (χ4v) is 5.87. The minimum Gasteiger partial charge on any atom is -0.490 e. The summed E-state index contributed by atoms with van der Waals surface area (Å²) in [5.41, 5.74) is 7.97. The van der Waals surface area contributed by atoms with Gasteiger partial charge in [0.25, 0.3) is 5.91 Å². The van der Waals surface area contributed by atoms with Gasteiger partial charge in [-0.2, -0.15) is 0 Å². The highest BCUT2D eigenvalue weighted by molar-refractivity contribution is 5.94. The molecule has 3 rings (SSSR count). The van der Waals surface area contributed by atoms with E-state index >= 15 is 0 Å². The summed E-state index contributed by atoms with van der Waals surface area (Å²) in [7, 11) is 3.48. The van der Waals surface area contributed by atoms with Crippen molar-refractivity contribution in [2.24, 2.45) is 22.5 Å². The molecule has 1 aromatic heterocycles. The van der Waals surface area contributed by atoms with Gasteiger partial charge in [-0.25, -0.2) is 4.98 Å². The standard InChI is InChI=1S/C42H58N6O6/c1-9-31(24-41(2,3)4)39(52)46-33-15-13-29(14-16-33)19-20-47(7)36(49)25-42(5,6)26-37(50)48(8)21-22-54-34-17-18-35(44-28-34)40(53)45-27-30-11-10-12-32(23-30)38(43)51/h10-18,23,28,31H,9,19-22,24-27H2,1-8H3,(H2,43,51)(H,45,53)(H,46,52)/t31-/m0/s1. The van der Waals surface area contributed by atoms with E-state index < -0.39 is 11.3 Å². The van der Waals surface area contributed by atoms with Gasteiger partial charge < -0.3 is 30.9 Å². The second-order valence-corrected chi connectivity index (χ2v) is 15.9. The Hall–Kier alpha value is -5.26. The summed E-state index contributed by atoms with van der Waals surface area (Å²) in [5, 5.41) is 5.81. The molecule has 1 heterocycles. The summed E-state index contributed by atoms with van der Waals surface area (Å²) in [6, 6.07) is 17.7.